The molecule has 0 bridgehead atoms. The molecule has 0 N–H and O–H groups in total. The van der Waals surface area contributed by atoms with Gasteiger partial charge in [0.15, 0.2) is 11.5 Å². The lowest BCUT2D eigenvalue weighted by atomic mass is 10.1. The van der Waals surface area contributed by atoms with Crippen molar-refractivity contribution in [3.05, 3.63) is 94.4 Å². The summed E-state index contributed by atoms with van der Waals surface area (Å²) in [6.07, 6.45) is 1.67. The van der Waals surface area contributed by atoms with Crippen LogP contribution in [0.15, 0.2) is 77.4 Å². The molecular weight excluding hydrogens is 419 g/mol. The van der Waals surface area contributed by atoms with E-state index in [1.165, 1.54) is 17.0 Å². The Morgan fingerprint density at radius 2 is 1.61 bits per heavy atom. The molecule has 0 fully saturated rings. The van der Waals surface area contributed by atoms with Crippen LogP contribution in [-0.2, 0) is 4.79 Å². The average Bonchev–Trinajstić information content (AvgIpc) is 3.10. The summed E-state index contributed by atoms with van der Waals surface area (Å²) >= 11 is 6.01. The van der Waals surface area contributed by atoms with E-state index < -0.39 is 0 Å². The summed E-state index contributed by atoms with van der Waals surface area (Å²) in [6.45, 7) is 0. The Morgan fingerprint density at radius 1 is 0.935 bits per heavy atom. The van der Waals surface area contributed by atoms with Gasteiger partial charge in [0.2, 0.25) is 0 Å². The van der Waals surface area contributed by atoms with Crippen molar-refractivity contribution in [2.45, 2.75) is 0 Å². The van der Waals surface area contributed by atoms with E-state index in [1.54, 1.807) is 74.9 Å². The molecule has 1 heterocycles. The minimum absolute atomic E-state index is 0.237. The maximum Gasteiger partial charge on any atom is 0.282 e. The first-order chi connectivity index (χ1) is 15.0. The highest BCUT2D eigenvalue weighted by atomic mass is 35.5. The predicted molar refractivity (Wildman–Crippen MR) is 119 cm³/mol. The number of ether oxygens (including phenoxy) is 2. The van der Waals surface area contributed by atoms with Crippen LogP contribution < -0.4 is 14.4 Å². The molecule has 7 heteroatoms. The Balaban J connectivity index is 1.80. The average molecular weight is 437 g/mol. The Morgan fingerprint density at radius 3 is 2.26 bits per heavy atom. The second-order valence-electron chi connectivity index (χ2n) is 6.70. The number of carbonyl (C=O) groups is 1. The van der Waals surface area contributed by atoms with Gasteiger partial charge in [-0.25, -0.2) is 9.38 Å². The molecule has 31 heavy (non-hydrogen) atoms. The van der Waals surface area contributed by atoms with Gasteiger partial charge in [-0.1, -0.05) is 17.7 Å². The zero-order valence-corrected chi connectivity index (χ0v) is 17.6. The minimum atomic E-state index is -0.368. The number of anilines is 1. The van der Waals surface area contributed by atoms with Crippen LogP contribution in [0.3, 0.4) is 0 Å². The van der Waals surface area contributed by atoms with E-state index in [4.69, 9.17) is 21.1 Å². The Labute approximate surface area is 184 Å². The summed E-state index contributed by atoms with van der Waals surface area (Å²) < 4.78 is 24.0. The van der Waals surface area contributed by atoms with Crippen molar-refractivity contribution in [2.75, 3.05) is 19.1 Å². The number of rotatable bonds is 5. The number of aliphatic imine (C=N–C) groups is 1. The van der Waals surface area contributed by atoms with Gasteiger partial charge in [0.25, 0.3) is 5.91 Å². The summed E-state index contributed by atoms with van der Waals surface area (Å²) in [5.74, 6) is 0.851. The van der Waals surface area contributed by atoms with Crippen LogP contribution in [0.2, 0.25) is 5.02 Å². The standard InChI is InChI=1S/C24H18ClFN2O3/c1-30-21-12-3-15(14-22(21)31-2)13-20-24(29)28(19-10-6-17(25)7-11-19)23(27-20)16-4-8-18(26)9-5-16/h3-14H,1-2H3/b20-13+. The number of carbonyl (C=O) groups excluding carboxylic acids is 1. The van der Waals surface area contributed by atoms with Crippen molar-refractivity contribution in [1.29, 1.82) is 0 Å². The lowest BCUT2D eigenvalue weighted by molar-refractivity contribution is -0.113. The summed E-state index contributed by atoms with van der Waals surface area (Å²) in [4.78, 5) is 19.4. The van der Waals surface area contributed by atoms with E-state index in [2.05, 4.69) is 4.99 Å². The fraction of sp³-hybridized carbons (Fsp3) is 0.0833. The third-order valence-corrected chi connectivity index (χ3v) is 5.01. The molecule has 1 aliphatic heterocycles. The fourth-order valence-electron chi connectivity index (χ4n) is 3.24. The van der Waals surface area contributed by atoms with Crippen molar-refractivity contribution < 1.29 is 18.7 Å². The Bertz CT molecular complexity index is 1190. The summed E-state index contributed by atoms with van der Waals surface area (Å²) in [7, 11) is 3.10. The second-order valence-corrected chi connectivity index (χ2v) is 7.14. The molecule has 0 saturated carbocycles. The van der Waals surface area contributed by atoms with Crippen LogP contribution in [0.4, 0.5) is 10.1 Å². The van der Waals surface area contributed by atoms with Gasteiger partial charge < -0.3 is 9.47 Å². The number of amidine groups is 1. The molecule has 0 unspecified atom stereocenters. The van der Waals surface area contributed by atoms with E-state index in [-0.39, 0.29) is 17.4 Å². The molecule has 156 valence electrons. The number of hydrogen-bond donors (Lipinski definition) is 0. The number of amides is 1. The van der Waals surface area contributed by atoms with Gasteiger partial charge in [0.1, 0.15) is 17.3 Å². The summed E-state index contributed by atoms with van der Waals surface area (Å²) in [6, 6.07) is 18.0. The molecule has 0 radical (unpaired) electrons. The number of halogens is 2. The number of methoxy groups -OCH3 is 2. The topological polar surface area (TPSA) is 51.1 Å². The number of benzene rings is 3. The van der Waals surface area contributed by atoms with Gasteiger partial charge in [0.05, 0.1) is 19.9 Å². The molecule has 0 saturated heterocycles. The molecule has 0 atom stereocenters. The molecule has 0 spiro atoms. The molecule has 0 aliphatic carbocycles. The molecule has 1 aliphatic rings. The molecule has 3 aromatic carbocycles. The van der Waals surface area contributed by atoms with Gasteiger partial charge in [0, 0.05) is 10.6 Å². The number of nitrogens with zero attached hydrogens (tertiary/aromatic N) is 2. The van der Waals surface area contributed by atoms with Gasteiger partial charge >= 0.3 is 0 Å². The van der Waals surface area contributed by atoms with Crippen LogP contribution >= 0.6 is 11.6 Å². The van der Waals surface area contributed by atoms with Gasteiger partial charge in [-0.05, 0) is 72.3 Å². The van der Waals surface area contributed by atoms with E-state index in [1.807, 2.05) is 0 Å². The van der Waals surface area contributed by atoms with E-state index in [0.29, 0.717) is 33.6 Å². The highest BCUT2D eigenvalue weighted by molar-refractivity contribution is 6.33. The van der Waals surface area contributed by atoms with Crippen LogP contribution in [0.25, 0.3) is 6.08 Å². The first-order valence-electron chi connectivity index (χ1n) is 9.38. The smallest absolute Gasteiger partial charge is 0.282 e. The lowest BCUT2D eigenvalue weighted by Gasteiger charge is -2.18. The maximum absolute atomic E-state index is 13.4. The van der Waals surface area contributed by atoms with Crippen molar-refractivity contribution in [1.82, 2.24) is 0 Å². The summed E-state index contributed by atoms with van der Waals surface area (Å²) in [5, 5.41) is 0.553. The third-order valence-electron chi connectivity index (χ3n) is 4.76. The third kappa shape index (κ3) is 4.15. The minimum Gasteiger partial charge on any atom is -0.493 e. The first kappa shape index (κ1) is 20.6. The first-order valence-corrected chi connectivity index (χ1v) is 9.76. The largest absolute Gasteiger partial charge is 0.493 e. The van der Waals surface area contributed by atoms with Gasteiger partial charge in [-0.2, -0.15) is 0 Å². The second kappa shape index (κ2) is 8.62. The summed E-state index contributed by atoms with van der Waals surface area (Å²) in [5.41, 5.74) is 2.18. The van der Waals surface area contributed by atoms with Crippen molar-refractivity contribution in [2.24, 2.45) is 4.99 Å². The van der Waals surface area contributed by atoms with Gasteiger partial charge in [-0.15, -0.1) is 0 Å². The van der Waals surface area contributed by atoms with E-state index >= 15 is 0 Å². The van der Waals surface area contributed by atoms with E-state index in [9.17, 15) is 9.18 Å². The Hall–Kier alpha value is -3.64. The van der Waals surface area contributed by atoms with Crippen molar-refractivity contribution in [3.63, 3.8) is 0 Å². The highest BCUT2D eigenvalue weighted by Gasteiger charge is 2.32. The molecular formula is C24H18ClFN2O3. The normalized spacial score (nSPS) is 14.7. The molecule has 1 amide bonds. The maximum atomic E-state index is 13.4. The monoisotopic (exact) mass is 436 g/mol. The zero-order valence-electron chi connectivity index (χ0n) is 16.8. The Kier molecular flexibility index (Phi) is 5.73. The lowest BCUT2D eigenvalue weighted by Crippen LogP contribution is -2.32. The molecule has 5 nitrogen and oxygen atoms in total. The van der Waals surface area contributed by atoms with E-state index in [0.717, 1.165) is 5.56 Å². The molecule has 3 aromatic rings. The number of hydrogen-bond acceptors (Lipinski definition) is 4. The molecule has 0 aromatic heterocycles. The predicted octanol–water partition coefficient (Wildman–Crippen LogP) is 5.33. The zero-order chi connectivity index (χ0) is 22.0. The fourth-order valence-corrected chi connectivity index (χ4v) is 3.37. The van der Waals surface area contributed by atoms with Crippen LogP contribution in [0, 0.1) is 5.82 Å². The quantitative estimate of drug-likeness (QED) is 0.508. The SMILES string of the molecule is COc1ccc(/C=C2/N=C(c3ccc(F)cc3)N(c3ccc(Cl)cc3)C2=O)cc1OC. The van der Waals surface area contributed by atoms with Crippen molar-refractivity contribution >= 4 is 35.1 Å². The molecule has 4 rings (SSSR count). The van der Waals surface area contributed by atoms with Crippen LogP contribution in [0.1, 0.15) is 11.1 Å². The van der Waals surface area contributed by atoms with Gasteiger partial charge in [-0.3, -0.25) is 9.69 Å². The van der Waals surface area contributed by atoms with Crippen molar-refractivity contribution in [3.8, 4) is 11.5 Å². The van der Waals surface area contributed by atoms with Crippen LogP contribution in [0.5, 0.6) is 11.5 Å². The highest BCUT2D eigenvalue weighted by Crippen LogP contribution is 2.31. The van der Waals surface area contributed by atoms with Crippen LogP contribution in [-0.4, -0.2) is 26.0 Å².